The van der Waals surface area contributed by atoms with Gasteiger partial charge in [0.15, 0.2) is 11.5 Å². The molecule has 0 aromatic heterocycles. The minimum Gasteiger partial charge on any atom is -0.493 e. The molecule has 1 aromatic rings. The summed E-state index contributed by atoms with van der Waals surface area (Å²) in [5, 5.41) is 2.85. The Balaban J connectivity index is 2.63. The Morgan fingerprint density at radius 2 is 1.74 bits per heavy atom. The fourth-order valence-corrected chi connectivity index (χ4v) is 1.56. The highest BCUT2D eigenvalue weighted by Gasteiger charge is 2.25. The van der Waals surface area contributed by atoms with Gasteiger partial charge in [0.1, 0.15) is 0 Å². The van der Waals surface area contributed by atoms with Crippen LogP contribution in [0.15, 0.2) is 12.1 Å². The molecule has 0 radical (unpaired) electrons. The molecule has 3 N–H and O–H groups in total. The Kier molecular flexibility index (Phi) is 5.14. The molecule has 1 rings (SSSR count). The van der Waals surface area contributed by atoms with E-state index in [0.717, 1.165) is 0 Å². The summed E-state index contributed by atoms with van der Waals surface area (Å²) in [5.74, 6) is 0.941. The van der Waals surface area contributed by atoms with Crippen LogP contribution in [0, 0.1) is 0 Å². The van der Waals surface area contributed by atoms with Gasteiger partial charge in [0.25, 0.3) is 0 Å². The second-order valence-electron chi connectivity index (χ2n) is 3.94. The molecule has 0 saturated carbocycles. The van der Waals surface area contributed by atoms with Gasteiger partial charge in [-0.25, -0.2) is 0 Å². The van der Waals surface area contributed by atoms with E-state index in [1.807, 2.05) is 0 Å². The van der Waals surface area contributed by atoms with Crippen molar-refractivity contribution in [3.05, 3.63) is 12.1 Å². The van der Waals surface area contributed by atoms with E-state index in [9.17, 15) is 13.2 Å². The minimum absolute atomic E-state index is 0.0166. The lowest BCUT2D eigenvalue weighted by molar-refractivity contribution is -0.134. The maximum Gasteiger partial charge on any atom is 0.389 e. The normalized spacial score (nSPS) is 11.2. The highest BCUT2D eigenvalue weighted by Crippen LogP contribution is 2.34. The highest BCUT2D eigenvalue weighted by molar-refractivity contribution is 5.71. The van der Waals surface area contributed by atoms with Gasteiger partial charge >= 0.3 is 6.18 Å². The molecule has 19 heavy (non-hydrogen) atoms. The molecule has 0 aliphatic heterocycles. The number of benzene rings is 1. The third kappa shape index (κ3) is 4.76. The Morgan fingerprint density at radius 1 is 1.16 bits per heavy atom. The van der Waals surface area contributed by atoms with Crippen LogP contribution in [-0.2, 0) is 0 Å². The van der Waals surface area contributed by atoms with Gasteiger partial charge in [-0.15, -0.1) is 0 Å². The summed E-state index contributed by atoms with van der Waals surface area (Å²) in [5.41, 5.74) is 6.69. The number of hydrogen-bond acceptors (Lipinski definition) is 4. The summed E-state index contributed by atoms with van der Waals surface area (Å²) < 4.78 is 46.1. The van der Waals surface area contributed by atoms with Crippen molar-refractivity contribution >= 4 is 11.4 Å². The van der Waals surface area contributed by atoms with Crippen molar-refractivity contribution < 1.29 is 22.6 Å². The molecule has 0 bridgehead atoms. The first-order chi connectivity index (χ1) is 8.87. The molecule has 7 heteroatoms. The molecule has 0 aliphatic carbocycles. The fraction of sp³-hybridized carbons (Fsp3) is 0.500. The minimum atomic E-state index is -4.13. The molecule has 0 heterocycles. The first kappa shape index (κ1) is 15.3. The number of halogens is 3. The quantitative estimate of drug-likeness (QED) is 0.620. The molecule has 0 saturated heterocycles. The Morgan fingerprint density at radius 3 is 2.26 bits per heavy atom. The van der Waals surface area contributed by atoms with Crippen molar-refractivity contribution in [1.82, 2.24) is 0 Å². The van der Waals surface area contributed by atoms with Crippen LogP contribution < -0.4 is 20.5 Å². The van der Waals surface area contributed by atoms with Gasteiger partial charge in [-0.05, 0) is 6.42 Å². The van der Waals surface area contributed by atoms with E-state index in [2.05, 4.69) is 5.32 Å². The van der Waals surface area contributed by atoms with Crippen LogP contribution in [0.3, 0.4) is 0 Å². The number of nitrogens with two attached hydrogens (primary N) is 1. The smallest absolute Gasteiger partial charge is 0.389 e. The van der Waals surface area contributed by atoms with E-state index in [4.69, 9.17) is 15.2 Å². The lowest BCUT2D eigenvalue weighted by Crippen LogP contribution is -2.11. The second-order valence-corrected chi connectivity index (χ2v) is 3.94. The van der Waals surface area contributed by atoms with E-state index in [-0.39, 0.29) is 13.0 Å². The van der Waals surface area contributed by atoms with Crippen molar-refractivity contribution in [2.75, 3.05) is 31.8 Å². The number of alkyl halides is 3. The van der Waals surface area contributed by atoms with Crippen LogP contribution in [0.2, 0.25) is 0 Å². The molecule has 0 fully saturated rings. The number of nitrogen functional groups attached to an aromatic ring is 1. The number of anilines is 2. The third-order valence-electron chi connectivity index (χ3n) is 2.51. The maximum absolute atomic E-state index is 12.0. The van der Waals surface area contributed by atoms with Crippen LogP contribution in [-0.4, -0.2) is 26.9 Å². The molecule has 0 unspecified atom stereocenters. The largest absolute Gasteiger partial charge is 0.493 e. The molecule has 0 amide bonds. The Hall–Kier alpha value is -1.79. The zero-order valence-corrected chi connectivity index (χ0v) is 10.8. The van der Waals surface area contributed by atoms with Gasteiger partial charge in [0.2, 0.25) is 0 Å². The van der Waals surface area contributed by atoms with Crippen molar-refractivity contribution in [3.8, 4) is 11.5 Å². The zero-order valence-electron chi connectivity index (χ0n) is 10.8. The van der Waals surface area contributed by atoms with Gasteiger partial charge in [0.05, 0.1) is 25.6 Å². The van der Waals surface area contributed by atoms with E-state index < -0.39 is 12.6 Å². The fourth-order valence-electron chi connectivity index (χ4n) is 1.56. The predicted octanol–water partition coefficient (Wildman–Crippen LogP) is 3.04. The summed E-state index contributed by atoms with van der Waals surface area (Å²) in [6, 6.07) is 3.16. The van der Waals surface area contributed by atoms with Gasteiger partial charge in [0, 0.05) is 25.1 Å². The van der Waals surface area contributed by atoms with E-state index in [1.54, 1.807) is 12.1 Å². The molecule has 1 aromatic carbocycles. The highest BCUT2D eigenvalue weighted by atomic mass is 19.4. The maximum atomic E-state index is 12.0. The van der Waals surface area contributed by atoms with Crippen LogP contribution >= 0.6 is 0 Å². The van der Waals surface area contributed by atoms with Gasteiger partial charge < -0.3 is 20.5 Å². The topological polar surface area (TPSA) is 56.5 Å². The van der Waals surface area contributed by atoms with Gasteiger partial charge in [-0.1, -0.05) is 0 Å². The first-order valence-electron chi connectivity index (χ1n) is 5.69. The summed E-state index contributed by atoms with van der Waals surface area (Å²) >= 11 is 0. The second kappa shape index (κ2) is 6.40. The molecular weight excluding hydrogens is 261 g/mol. The number of methoxy groups -OCH3 is 2. The summed E-state index contributed by atoms with van der Waals surface area (Å²) in [6.07, 6.45) is -4.98. The lowest BCUT2D eigenvalue weighted by Gasteiger charge is -2.14. The van der Waals surface area contributed by atoms with Crippen molar-refractivity contribution in [3.63, 3.8) is 0 Å². The first-order valence-corrected chi connectivity index (χ1v) is 5.69. The molecule has 108 valence electrons. The van der Waals surface area contributed by atoms with Crippen molar-refractivity contribution in [2.45, 2.75) is 19.0 Å². The molecule has 4 nitrogen and oxygen atoms in total. The summed E-state index contributed by atoms with van der Waals surface area (Å²) in [4.78, 5) is 0. The average molecular weight is 278 g/mol. The average Bonchev–Trinajstić information content (AvgIpc) is 2.34. The van der Waals surface area contributed by atoms with Crippen molar-refractivity contribution in [2.24, 2.45) is 0 Å². The van der Waals surface area contributed by atoms with Crippen LogP contribution in [0.25, 0.3) is 0 Å². The predicted molar refractivity (Wildman–Crippen MR) is 67.7 cm³/mol. The Bertz CT molecular complexity index is 422. The third-order valence-corrected chi connectivity index (χ3v) is 2.51. The molecular formula is C12H17F3N2O2. The standard InChI is InChI=1S/C12H17F3N2O2/c1-18-10-6-8(16)9(7-11(10)19-2)17-5-3-4-12(13,14)15/h6-7,17H,3-5,16H2,1-2H3. The van der Waals surface area contributed by atoms with Crippen LogP contribution in [0.5, 0.6) is 11.5 Å². The van der Waals surface area contributed by atoms with E-state index in [0.29, 0.717) is 22.9 Å². The summed E-state index contributed by atoms with van der Waals surface area (Å²) in [6.45, 7) is 0.180. The van der Waals surface area contributed by atoms with Crippen LogP contribution in [0.4, 0.5) is 24.5 Å². The molecule has 0 atom stereocenters. The number of ether oxygens (including phenoxy) is 2. The van der Waals surface area contributed by atoms with E-state index in [1.165, 1.54) is 14.2 Å². The summed E-state index contributed by atoms with van der Waals surface area (Å²) in [7, 11) is 2.95. The molecule has 0 aliphatic rings. The lowest BCUT2D eigenvalue weighted by atomic mass is 10.2. The number of rotatable bonds is 6. The van der Waals surface area contributed by atoms with Gasteiger partial charge in [-0.2, -0.15) is 13.2 Å². The van der Waals surface area contributed by atoms with Crippen LogP contribution in [0.1, 0.15) is 12.8 Å². The van der Waals surface area contributed by atoms with E-state index >= 15 is 0 Å². The molecule has 0 spiro atoms. The monoisotopic (exact) mass is 278 g/mol. The Labute approximate surface area is 109 Å². The number of nitrogens with one attached hydrogen (secondary N) is 1. The number of hydrogen-bond donors (Lipinski definition) is 2. The zero-order chi connectivity index (χ0) is 14.5. The SMILES string of the molecule is COc1cc(N)c(NCCCC(F)(F)F)cc1OC. The van der Waals surface area contributed by atoms with Gasteiger partial charge in [-0.3, -0.25) is 0 Å². The van der Waals surface area contributed by atoms with Crippen molar-refractivity contribution in [1.29, 1.82) is 0 Å².